The molecule has 1 N–H and O–H groups in total. The van der Waals surface area contributed by atoms with Crippen LogP contribution >= 0.6 is 0 Å². The molecule has 0 fully saturated rings. The summed E-state index contributed by atoms with van der Waals surface area (Å²) in [6.07, 6.45) is 0. The molecule has 2 aromatic rings. The van der Waals surface area contributed by atoms with E-state index in [-0.39, 0.29) is 11.6 Å². The molecule has 0 radical (unpaired) electrons. The Labute approximate surface area is 124 Å². The molecule has 0 saturated heterocycles. The van der Waals surface area contributed by atoms with Gasteiger partial charge < -0.3 is 10.1 Å². The second-order valence-corrected chi connectivity index (χ2v) is 4.77. The summed E-state index contributed by atoms with van der Waals surface area (Å²) >= 11 is 0. The molecule has 4 heteroatoms. The lowest BCUT2D eigenvalue weighted by Gasteiger charge is -2.17. The van der Waals surface area contributed by atoms with E-state index in [1.807, 2.05) is 37.3 Å². The number of ether oxygens (including phenoxy) is 1. The van der Waals surface area contributed by atoms with Gasteiger partial charge in [-0.2, -0.15) is 5.26 Å². The van der Waals surface area contributed by atoms with Gasteiger partial charge in [-0.05, 0) is 30.7 Å². The summed E-state index contributed by atoms with van der Waals surface area (Å²) in [5, 5.41) is 12.2. The number of nitriles is 1. The van der Waals surface area contributed by atoms with Gasteiger partial charge in [0.25, 0.3) is 0 Å². The van der Waals surface area contributed by atoms with Crippen molar-refractivity contribution in [3.05, 3.63) is 65.0 Å². The summed E-state index contributed by atoms with van der Waals surface area (Å²) in [6.45, 7) is 2.58. The molecule has 21 heavy (non-hydrogen) atoms. The first kappa shape index (κ1) is 15.0. The van der Waals surface area contributed by atoms with Crippen molar-refractivity contribution in [2.75, 3.05) is 7.11 Å². The van der Waals surface area contributed by atoms with Crippen molar-refractivity contribution in [3.63, 3.8) is 0 Å². The van der Waals surface area contributed by atoms with Crippen molar-refractivity contribution in [2.45, 2.75) is 19.5 Å². The van der Waals surface area contributed by atoms with Crippen molar-refractivity contribution in [1.82, 2.24) is 5.32 Å². The fourth-order valence-corrected chi connectivity index (χ4v) is 2.17. The fraction of sp³-hybridized carbons (Fsp3) is 0.235. The number of rotatable bonds is 5. The van der Waals surface area contributed by atoms with Gasteiger partial charge >= 0.3 is 0 Å². The molecule has 1 unspecified atom stereocenters. The maximum Gasteiger partial charge on any atom is 0.140 e. The van der Waals surface area contributed by atoms with E-state index >= 15 is 0 Å². The SMILES string of the molecule is COc1ccccc1C(C)NCc1ccc(F)c(C#N)c1. The first-order valence-corrected chi connectivity index (χ1v) is 6.70. The van der Waals surface area contributed by atoms with E-state index < -0.39 is 5.82 Å². The quantitative estimate of drug-likeness (QED) is 0.913. The van der Waals surface area contributed by atoms with Crippen LogP contribution in [0, 0.1) is 17.1 Å². The standard InChI is InChI=1S/C17H17FN2O/c1-12(15-5-3-4-6-17(15)21-2)20-11-13-7-8-16(18)14(9-13)10-19/h3-9,12,20H,11H2,1-2H3. The smallest absolute Gasteiger partial charge is 0.140 e. The van der Waals surface area contributed by atoms with E-state index in [2.05, 4.69) is 5.32 Å². The van der Waals surface area contributed by atoms with Crippen LogP contribution in [0.3, 0.4) is 0 Å². The van der Waals surface area contributed by atoms with Crippen molar-refractivity contribution in [3.8, 4) is 11.8 Å². The van der Waals surface area contributed by atoms with E-state index in [0.717, 1.165) is 16.9 Å². The number of methoxy groups -OCH3 is 1. The summed E-state index contributed by atoms with van der Waals surface area (Å²) in [5.41, 5.74) is 2.00. The van der Waals surface area contributed by atoms with Crippen LogP contribution in [0.5, 0.6) is 5.75 Å². The van der Waals surface area contributed by atoms with Crippen LogP contribution in [0.1, 0.15) is 29.7 Å². The highest BCUT2D eigenvalue weighted by molar-refractivity contribution is 5.36. The Morgan fingerprint density at radius 2 is 2.05 bits per heavy atom. The van der Waals surface area contributed by atoms with E-state index in [1.54, 1.807) is 19.2 Å². The summed E-state index contributed by atoms with van der Waals surface area (Å²) < 4.78 is 18.6. The zero-order valence-electron chi connectivity index (χ0n) is 12.1. The minimum Gasteiger partial charge on any atom is -0.496 e. The third-order valence-electron chi connectivity index (χ3n) is 3.37. The van der Waals surface area contributed by atoms with Gasteiger partial charge in [0.15, 0.2) is 0 Å². The molecule has 0 aliphatic carbocycles. The maximum atomic E-state index is 13.3. The Bertz CT molecular complexity index is 664. The molecule has 0 heterocycles. The van der Waals surface area contributed by atoms with Crippen LogP contribution in [0.25, 0.3) is 0 Å². The van der Waals surface area contributed by atoms with Gasteiger partial charge in [-0.25, -0.2) is 4.39 Å². The molecule has 0 spiro atoms. The maximum absolute atomic E-state index is 13.3. The molecule has 0 amide bonds. The molecule has 2 rings (SSSR count). The minimum atomic E-state index is -0.487. The van der Waals surface area contributed by atoms with Gasteiger partial charge in [-0.15, -0.1) is 0 Å². The summed E-state index contributed by atoms with van der Waals surface area (Å²) in [6, 6.07) is 14.3. The molecule has 0 aromatic heterocycles. The zero-order chi connectivity index (χ0) is 15.2. The highest BCUT2D eigenvalue weighted by Crippen LogP contribution is 2.24. The molecule has 0 bridgehead atoms. The van der Waals surface area contributed by atoms with Crippen LogP contribution in [0.15, 0.2) is 42.5 Å². The number of halogens is 1. The highest BCUT2D eigenvalue weighted by atomic mass is 19.1. The van der Waals surface area contributed by atoms with Crippen LogP contribution in [-0.4, -0.2) is 7.11 Å². The Morgan fingerprint density at radius 3 is 2.76 bits per heavy atom. The number of hydrogen-bond donors (Lipinski definition) is 1. The first-order valence-electron chi connectivity index (χ1n) is 6.70. The first-order chi connectivity index (χ1) is 10.2. The van der Waals surface area contributed by atoms with Crippen LogP contribution < -0.4 is 10.1 Å². The highest BCUT2D eigenvalue weighted by Gasteiger charge is 2.10. The van der Waals surface area contributed by atoms with Crippen LogP contribution in [-0.2, 0) is 6.54 Å². The number of para-hydroxylation sites is 1. The van der Waals surface area contributed by atoms with Gasteiger partial charge in [0.2, 0.25) is 0 Å². The molecule has 1 atom stereocenters. The number of benzene rings is 2. The van der Waals surface area contributed by atoms with E-state index in [4.69, 9.17) is 10.00 Å². The Kier molecular flexibility index (Phi) is 4.91. The summed E-state index contributed by atoms with van der Waals surface area (Å²) in [5.74, 6) is 0.341. The van der Waals surface area contributed by atoms with Gasteiger partial charge in [0, 0.05) is 18.2 Å². The number of nitrogens with one attached hydrogen (secondary N) is 1. The third-order valence-corrected chi connectivity index (χ3v) is 3.37. The predicted molar refractivity (Wildman–Crippen MR) is 79.4 cm³/mol. The lowest BCUT2D eigenvalue weighted by Crippen LogP contribution is -2.18. The van der Waals surface area contributed by atoms with E-state index in [1.165, 1.54) is 6.07 Å². The molecule has 3 nitrogen and oxygen atoms in total. The van der Waals surface area contributed by atoms with Gasteiger partial charge in [0.05, 0.1) is 12.7 Å². The van der Waals surface area contributed by atoms with Crippen LogP contribution in [0.4, 0.5) is 4.39 Å². The topological polar surface area (TPSA) is 45.0 Å². The van der Waals surface area contributed by atoms with Crippen molar-refractivity contribution in [1.29, 1.82) is 5.26 Å². The second-order valence-electron chi connectivity index (χ2n) is 4.77. The van der Waals surface area contributed by atoms with Crippen molar-refractivity contribution in [2.24, 2.45) is 0 Å². The lowest BCUT2D eigenvalue weighted by atomic mass is 10.1. The zero-order valence-corrected chi connectivity index (χ0v) is 12.1. The monoisotopic (exact) mass is 284 g/mol. The molecule has 0 saturated carbocycles. The van der Waals surface area contributed by atoms with Gasteiger partial charge in [-0.3, -0.25) is 0 Å². The minimum absolute atomic E-state index is 0.0687. The molecular formula is C17H17FN2O. The normalized spacial score (nSPS) is 11.7. The molecular weight excluding hydrogens is 267 g/mol. The van der Waals surface area contributed by atoms with Crippen molar-refractivity contribution >= 4 is 0 Å². The van der Waals surface area contributed by atoms with Gasteiger partial charge in [0.1, 0.15) is 17.6 Å². The molecule has 2 aromatic carbocycles. The molecule has 0 aliphatic heterocycles. The Morgan fingerprint density at radius 1 is 1.29 bits per heavy atom. The lowest BCUT2D eigenvalue weighted by molar-refractivity contribution is 0.401. The van der Waals surface area contributed by atoms with Crippen LogP contribution in [0.2, 0.25) is 0 Å². The van der Waals surface area contributed by atoms with E-state index in [9.17, 15) is 4.39 Å². The fourth-order valence-electron chi connectivity index (χ4n) is 2.17. The Balaban J connectivity index is 2.07. The average molecular weight is 284 g/mol. The van der Waals surface area contributed by atoms with Gasteiger partial charge in [-0.1, -0.05) is 24.3 Å². The van der Waals surface area contributed by atoms with E-state index in [0.29, 0.717) is 6.54 Å². The summed E-state index contributed by atoms with van der Waals surface area (Å²) in [4.78, 5) is 0. The summed E-state index contributed by atoms with van der Waals surface area (Å²) in [7, 11) is 1.64. The predicted octanol–water partition coefficient (Wildman–Crippen LogP) is 3.56. The van der Waals surface area contributed by atoms with Crippen molar-refractivity contribution < 1.29 is 9.13 Å². The number of nitrogens with zero attached hydrogens (tertiary/aromatic N) is 1. The Hall–Kier alpha value is -2.38. The molecule has 0 aliphatic rings. The third kappa shape index (κ3) is 3.59. The number of hydrogen-bond acceptors (Lipinski definition) is 3. The second kappa shape index (κ2) is 6.87. The average Bonchev–Trinajstić information content (AvgIpc) is 2.53. The molecule has 108 valence electrons. The largest absolute Gasteiger partial charge is 0.496 e.